The minimum Gasteiger partial charge on any atom is -0.414 e. The molecule has 0 amide bonds. The number of aliphatic hydroxyl groups is 1. The summed E-state index contributed by atoms with van der Waals surface area (Å²) in [6, 6.07) is 0. The van der Waals surface area contributed by atoms with Crippen molar-refractivity contribution < 1.29 is 9.53 Å². The second-order valence-electron chi connectivity index (χ2n) is 8.18. The zero-order valence-electron chi connectivity index (χ0n) is 14.4. The standard InChI is InChI=1S/C16H34O2Si/c1-13(15(2,3)4)10-11-14(17)12-18-19(8,9)16(5,6)7/h10-11,13-14,17H,12H2,1-9H3/b11-10+/t13-,14-/m0/s1. The first kappa shape index (κ1) is 18.9. The van der Waals surface area contributed by atoms with Gasteiger partial charge in [-0.3, -0.25) is 0 Å². The molecule has 0 bridgehead atoms. The van der Waals surface area contributed by atoms with Gasteiger partial charge in [-0.2, -0.15) is 0 Å². The maximum absolute atomic E-state index is 10.0. The minimum absolute atomic E-state index is 0.190. The quantitative estimate of drug-likeness (QED) is 0.591. The summed E-state index contributed by atoms with van der Waals surface area (Å²) in [5, 5.41) is 10.2. The van der Waals surface area contributed by atoms with Gasteiger partial charge in [-0.25, -0.2) is 0 Å². The summed E-state index contributed by atoms with van der Waals surface area (Å²) in [5.41, 5.74) is 0.233. The summed E-state index contributed by atoms with van der Waals surface area (Å²) < 4.78 is 6.01. The third kappa shape index (κ3) is 6.73. The lowest BCUT2D eigenvalue weighted by molar-refractivity contribution is 0.134. The molecule has 2 nitrogen and oxygen atoms in total. The molecule has 19 heavy (non-hydrogen) atoms. The fraction of sp³-hybridized carbons (Fsp3) is 0.875. The van der Waals surface area contributed by atoms with Crippen molar-refractivity contribution in [1.82, 2.24) is 0 Å². The van der Waals surface area contributed by atoms with Gasteiger partial charge in [0.1, 0.15) is 0 Å². The summed E-state index contributed by atoms with van der Waals surface area (Å²) in [6.45, 7) is 20.3. The molecule has 0 aromatic rings. The molecule has 0 aliphatic carbocycles. The summed E-state index contributed by atoms with van der Waals surface area (Å²) in [5.74, 6) is 0.440. The van der Waals surface area contributed by atoms with Gasteiger partial charge in [-0.15, -0.1) is 0 Å². The third-order valence-corrected chi connectivity index (χ3v) is 8.91. The Balaban J connectivity index is 4.35. The Morgan fingerprint density at radius 3 is 1.89 bits per heavy atom. The molecule has 0 aromatic carbocycles. The van der Waals surface area contributed by atoms with E-state index >= 15 is 0 Å². The zero-order chi connectivity index (χ0) is 15.5. The number of allylic oxidation sites excluding steroid dienone is 1. The van der Waals surface area contributed by atoms with Gasteiger partial charge in [-0.05, 0) is 29.5 Å². The molecule has 0 aliphatic rings. The lowest BCUT2D eigenvalue weighted by Gasteiger charge is -2.36. The lowest BCUT2D eigenvalue weighted by atomic mass is 9.82. The Hall–Kier alpha value is -0.123. The molecule has 0 aliphatic heterocycles. The molecule has 0 heterocycles. The predicted octanol–water partition coefficient (Wildman–Crippen LogP) is 4.61. The van der Waals surface area contributed by atoms with Crippen LogP contribution in [0.5, 0.6) is 0 Å². The zero-order valence-corrected chi connectivity index (χ0v) is 15.4. The summed E-state index contributed by atoms with van der Waals surface area (Å²) in [7, 11) is -1.75. The molecular formula is C16H34O2Si. The second kappa shape index (κ2) is 6.55. The monoisotopic (exact) mass is 286 g/mol. The average molecular weight is 287 g/mol. The molecule has 0 fully saturated rings. The van der Waals surface area contributed by atoms with Gasteiger partial charge in [0.05, 0.1) is 12.7 Å². The van der Waals surface area contributed by atoms with Crippen molar-refractivity contribution in [1.29, 1.82) is 0 Å². The van der Waals surface area contributed by atoms with Gasteiger partial charge in [-0.1, -0.05) is 60.6 Å². The number of hydrogen-bond acceptors (Lipinski definition) is 2. The SMILES string of the molecule is C[C@@H](/C=C/[C@H](O)CO[Si](C)(C)C(C)(C)C)C(C)(C)C. The van der Waals surface area contributed by atoms with Crippen LogP contribution in [0.25, 0.3) is 0 Å². The highest BCUT2D eigenvalue weighted by Gasteiger charge is 2.37. The molecule has 0 radical (unpaired) electrons. The number of aliphatic hydroxyl groups excluding tert-OH is 1. The van der Waals surface area contributed by atoms with Crippen LogP contribution in [-0.4, -0.2) is 26.1 Å². The van der Waals surface area contributed by atoms with Gasteiger partial charge in [0.25, 0.3) is 0 Å². The highest BCUT2D eigenvalue weighted by atomic mass is 28.4. The van der Waals surface area contributed by atoms with E-state index in [0.29, 0.717) is 12.5 Å². The van der Waals surface area contributed by atoms with E-state index in [0.717, 1.165) is 0 Å². The molecule has 0 aromatic heterocycles. The lowest BCUT2D eigenvalue weighted by Crippen LogP contribution is -2.42. The second-order valence-corrected chi connectivity index (χ2v) is 13.0. The highest BCUT2D eigenvalue weighted by molar-refractivity contribution is 6.74. The maximum atomic E-state index is 10.0. The first-order chi connectivity index (χ1) is 8.27. The highest BCUT2D eigenvalue weighted by Crippen LogP contribution is 2.36. The number of hydrogen-bond donors (Lipinski definition) is 1. The van der Waals surface area contributed by atoms with Crippen molar-refractivity contribution in [2.24, 2.45) is 11.3 Å². The van der Waals surface area contributed by atoms with Gasteiger partial charge >= 0.3 is 0 Å². The summed E-state index contributed by atoms with van der Waals surface area (Å²) in [6.07, 6.45) is 3.47. The molecule has 3 heteroatoms. The Labute approximate surface area is 121 Å². The van der Waals surface area contributed by atoms with Crippen LogP contribution in [0.15, 0.2) is 12.2 Å². The Morgan fingerprint density at radius 2 is 1.53 bits per heavy atom. The van der Waals surface area contributed by atoms with E-state index in [1.165, 1.54) is 0 Å². The van der Waals surface area contributed by atoms with E-state index in [1.807, 2.05) is 6.08 Å². The molecule has 0 rings (SSSR count). The largest absolute Gasteiger partial charge is 0.414 e. The molecule has 0 unspecified atom stereocenters. The van der Waals surface area contributed by atoms with E-state index in [9.17, 15) is 5.11 Å². The Kier molecular flexibility index (Phi) is 6.51. The van der Waals surface area contributed by atoms with Crippen LogP contribution in [-0.2, 0) is 4.43 Å². The maximum Gasteiger partial charge on any atom is 0.192 e. The van der Waals surface area contributed by atoms with Crippen LogP contribution in [0.1, 0.15) is 48.5 Å². The smallest absolute Gasteiger partial charge is 0.192 e. The van der Waals surface area contributed by atoms with Crippen LogP contribution in [0.4, 0.5) is 0 Å². The first-order valence-electron chi connectivity index (χ1n) is 7.28. The Bertz CT molecular complexity index is 295. The molecule has 114 valence electrons. The molecular weight excluding hydrogens is 252 g/mol. The van der Waals surface area contributed by atoms with Crippen molar-refractivity contribution in [2.75, 3.05) is 6.61 Å². The molecule has 0 saturated heterocycles. The van der Waals surface area contributed by atoms with Crippen molar-refractivity contribution in [3.63, 3.8) is 0 Å². The van der Waals surface area contributed by atoms with Crippen LogP contribution in [0, 0.1) is 11.3 Å². The molecule has 0 spiro atoms. The molecule has 2 atom stereocenters. The topological polar surface area (TPSA) is 29.5 Å². The summed E-state index contributed by atoms with van der Waals surface area (Å²) in [4.78, 5) is 0. The predicted molar refractivity (Wildman–Crippen MR) is 86.9 cm³/mol. The van der Waals surface area contributed by atoms with E-state index < -0.39 is 14.4 Å². The Morgan fingerprint density at radius 1 is 1.05 bits per heavy atom. The van der Waals surface area contributed by atoms with Gasteiger partial charge in [0.2, 0.25) is 0 Å². The fourth-order valence-corrected chi connectivity index (χ4v) is 2.17. The van der Waals surface area contributed by atoms with Crippen LogP contribution in [0.3, 0.4) is 0 Å². The van der Waals surface area contributed by atoms with E-state index in [-0.39, 0.29) is 10.5 Å². The number of rotatable bonds is 5. The van der Waals surface area contributed by atoms with Crippen LogP contribution >= 0.6 is 0 Å². The van der Waals surface area contributed by atoms with Crippen molar-refractivity contribution in [2.45, 2.75) is 72.7 Å². The first-order valence-corrected chi connectivity index (χ1v) is 10.2. The van der Waals surface area contributed by atoms with E-state index in [1.54, 1.807) is 0 Å². The van der Waals surface area contributed by atoms with E-state index in [4.69, 9.17) is 4.43 Å². The van der Waals surface area contributed by atoms with Crippen molar-refractivity contribution in [3.05, 3.63) is 12.2 Å². The van der Waals surface area contributed by atoms with Crippen LogP contribution < -0.4 is 0 Å². The molecule has 1 N–H and O–H groups in total. The average Bonchev–Trinajstić information content (AvgIpc) is 2.20. The normalized spacial score (nSPS) is 17.8. The fourth-order valence-electron chi connectivity index (χ4n) is 1.15. The van der Waals surface area contributed by atoms with Crippen LogP contribution in [0.2, 0.25) is 18.1 Å². The summed E-state index contributed by atoms with van der Waals surface area (Å²) >= 11 is 0. The van der Waals surface area contributed by atoms with E-state index in [2.05, 4.69) is 67.6 Å². The molecule has 0 saturated carbocycles. The van der Waals surface area contributed by atoms with Crippen molar-refractivity contribution >= 4 is 8.32 Å². The van der Waals surface area contributed by atoms with Gasteiger partial charge in [0.15, 0.2) is 8.32 Å². The third-order valence-electron chi connectivity index (χ3n) is 4.41. The van der Waals surface area contributed by atoms with Gasteiger partial charge in [0, 0.05) is 0 Å². The van der Waals surface area contributed by atoms with Gasteiger partial charge < -0.3 is 9.53 Å². The van der Waals surface area contributed by atoms with Crippen molar-refractivity contribution in [3.8, 4) is 0 Å². The minimum atomic E-state index is -1.75.